The summed E-state index contributed by atoms with van der Waals surface area (Å²) < 4.78 is 13.0. The molecule has 0 bridgehead atoms. The van der Waals surface area contributed by atoms with Gasteiger partial charge in [0.1, 0.15) is 5.82 Å². The molecule has 21 heavy (non-hydrogen) atoms. The van der Waals surface area contributed by atoms with Gasteiger partial charge in [0, 0.05) is 6.54 Å². The molecule has 114 valence electrons. The summed E-state index contributed by atoms with van der Waals surface area (Å²) >= 11 is 5.67. The maximum Gasteiger partial charge on any atom is 0.307 e. The number of carbonyl (C=O) groups is 2. The second-order valence-electron chi connectivity index (χ2n) is 5.59. The standard InChI is InChI=1S/C15H17ClFNO3/c1-8-4-10(11(5-8)15(20)21)14(19)18-7-9-2-3-13(17)12(16)6-9/h2-3,6,8,10-11H,4-5,7H2,1H3,(H,18,19)(H,20,21)/t8?,10-,11+/m0/s1. The molecule has 0 saturated heterocycles. The van der Waals surface area contributed by atoms with Crippen molar-refractivity contribution >= 4 is 23.5 Å². The Hall–Kier alpha value is -1.62. The number of benzene rings is 1. The van der Waals surface area contributed by atoms with Gasteiger partial charge in [-0.15, -0.1) is 0 Å². The molecule has 1 saturated carbocycles. The highest BCUT2D eigenvalue weighted by molar-refractivity contribution is 6.30. The monoisotopic (exact) mass is 313 g/mol. The van der Waals surface area contributed by atoms with E-state index in [0.717, 1.165) is 0 Å². The first-order chi connectivity index (χ1) is 9.88. The average Bonchev–Trinajstić information content (AvgIpc) is 2.82. The molecule has 0 aromatic heterocycles. The molecule has 4 nitrogen and oxygen atoms in total. The molecule has 1 aliphatic carbocycles. The van der Waals surface area contributed by atoms with Crippen LogP contribution in [0.1, 0.15) is 25.3 Å². The van der Waals surface area contributed by atoms with Crippen molar-refractivity contribution in [1.82, 2.24) is 5.32 Å². The van der Waals surface area contributed by atoms with Gasteiger partial charge in [0.25, 0.3) is 0 Å². The first kappa shape index (κ1) is 15.8. The van der Waals surface area contributed by atoms with Crippen LogP contribution in [0.4, 0.5) is 4.39 Å². The van der Waals surface area contributed by atoms with Gasteiger partial charge in [0.15, 0.2) is 0 Å². The number of hydrogen-bond acceptors (Lipinski definition) is 2. The van der Waals surface area contributed by atoms with Gasteiger partial charge < -0.3 is 10.4 Å². The lowest BCUT2D eigenvalue weighted by atomic mass is 9.95. The van der Waals surface area contributed by atoms with Gasteiger partial charge in [-0.2, -0.15) is 0 Å². The Balaban J connectivity index is 1.97. The Morgan fingerprint density at radius 3 is 2.67 bits per heavy atom. The van der Waals surface area contributed by atoms with Crippen LogP contribution < -0.4 is 5.32 Å². The predicted octanol–water partition coefficient (Wildman–Crippen LogP) is 2.84. The van der Waals surface area contributed by atoms with E-state index in [1.54, 1.807) is 0 Å². The van der Waals surface area contributed by atoms with E-state index in [2.05, 4.69) is 5.32 Å². The number of carbonyl (C=O) groups excluding carboxylic acids is 1. The summed E-state index contributed by atoms with van der Waals surface area (Å²) in [7, 11) is 0. The lowest BCUT2D eigenvalue weighted by molar-refractivity contribution is -0.146. The molecule has 0 heterocycles. The fourth-order valence-corrected chi connectivity index (χ4v) is 3.03. The van der Waals surface area contributed by atoms with Gasteiger partial charge in [0.2, 0.25) is 5.91 Å². The third-order valence-corrected chi connectivity index (χ3v) is 4.19. The number of aliphatic carboxylic acids is 1. The van der Waals surface area contributed by atoms with Gasteiger partial charge in [-0.05, 0) is 36.5 Å². The van der Waals surface area contributed by atoms with E-state index in [0.29, 0.717) is 18.4 Å². The van der Waals surface area contributed by atoms with Gasteiger partial charge in [-0.1, -0.05) is 24.6 Å². The normalized spacial score (nSPS) is 24.8. The van der Waals surface area contributed by atoms with Crippen molar-refractivity contribution in [1.29, 1.82) is 0 Å². The van der Waals surface area contributed by atoms with Crippen molar-refractivity contribution in [2.24, 2.45) is 17.8 Å². The Bertz CT molecular complexity index is 564. The summed E-state index contributed by atoms with van der Waals surface area (Å²) in [6, 6.07) is 4.22. The summed E-state index contributed by atoms with van der Waals surface area (Å²) in [5.41, 5.74) is 0.674. The van der Waals surface area contributed by atoms with Crippen LogP contribution in [-0.4, -0.2) is 17.0 Å². The summed E-state index contributed by atoms with van der Waals surface area (Å²) in [5.74, 6) is -2.62. The fraction of sp³-hybridized carbons (Fsp3) is 0.467. The average molecular weight is 314 g/mol. The van der Waals surface area contributed by atoms with Gasteiger partial charge in [-0.25, -0.2) is 4.39 Å². The second-order valence-corrected chi connectivity index (χ2v) is 6.00. The van der Waals surface area contributed by atoms with Crippen LogP contribution in [0.2, 0.25) is 5.02 Å². The largest absolute Gasteiger partial charge is 0.481 e. The molecule has 6 heteroatoms. The van der Waals surface area contributed by atoms with Gasteiger partial charge >= 0.3 is 5.97 Å². The van der Waals surface area contributed by atoms with E-state index in [1.807, 2.05) is 6.92 Å². The molecule has 2 N–H and O–H groups in total. The zero-order valence-electron chi connectivity index (χ0n) is 11.6. The topological polar surface area (TPSA) is 66.4 Å². The SMILES string of the molecule is CC1C[C@H](C(=O)NCc2ccc(F)c(Cl)c2)[C@H](C(=O)O)C1. The smallest absolute Gasteiger partial charge is 0.307 e. The van der Waals surface area contributed by atoms with E-state index >= 15 is 0 Å². The van der Waals surface area contributed by atoms with E-state index in [4.69, 9.17) is 16.7 Å². The van der Waals surface area contributed by atoms with E-state index < -0.39 is 23.6 Å². The van der Waals surface area contributed by atoms with E-state index in [9.17, 15) is 14.0 Å². The van der Waals surface area contributed by atoms with Crippen molar-refractivity contribution in [3.05, 3.63) is 34.6 Å². The molecule has 0 spiro atoms. The predicted molar refractivity (Wildman–Crippen MR) is 76.3 cm³/mol. The molecule has 0 aliphatic heterocycles. The van der Waals surface area contributed by atoms with Crippen molar-refractivity contribution in [3.63, 3.8) is 0 Å². The van der Waals surface area contributed by atoms with Gasteiger partial charge in [-0.3, -0.25) is 9.59 Å². The Morgan fingerprint density at radius 1 is 1.38 bits per heavy atom. The highest BCUT2D eigenvalue weighted by Crippen LogP contribution is 2.36. The second kappa shape index (κ2) is 6.43. The maximum absolute atomic E-state index is 13.0. The van der Waals surface area contributed by atoms with E-state index in [-0.39, 0.29) is 23.4 Å². The number of amides is 1. The Labute approximate surface area is 127 Å². The van der Waals surface area contributed by atoms with Crippen LogP contribution >= 0.6 is 11.6 Å². The quantitative estimate of drug-likeness (QED) is 0.898. The molecular weight excluding hydrogens is 297 g/mol. The molecular formula is C15H17ClFNO3. The molecule has 1 aromatic rings. The van der Waals surface area contributed by atoms with Crippen LogP contribution in [0.25, 0.3) is 0 Å². The molecule has 1 fully saturated rings. The summed E-state index contributed by atoms with van der Waals surface area (Å²) in [4.78, 5) is 23.3. The zero-order chi connectivity index (χ0) is 15.6. The maximum atomic E-state index is 13.0. The number of carboxylic acids is 1. The number of hydrogen-bond donors (Lipinski definition) is 2. The lowest BCUT2D eigenvalue weighted by Crippen LogP contribution is -2.34. The number of carboxylic acid groups (broad SMARTS) is 1. The first-order valence-corrected chi connectivity index (χ1v) is 7.20. The molecule has 1 unspecified atom stereocenters. The highest BCUT2D eigenvalue weighted by atomic mass is 35.5. The zero-order valence-corrected chi connectivity index (χ0v) is 12.4. The van der Waals surface area contributed by atoms with Gasteiger partial charge in [0.05, 0.1) is 16.9 Å². The van der Waals surface area contributed by atoms with Crippen LogP contribution in [-0.2, 0) is 16.1 Å². The van der Waals surface area contributed by atoms with Crippen LogP contribution in [0.15, 0.2) is 18.2 Å². The van der Waals surface area contributed by atoms with Crippen molar-refractivity contribution in [2.75, 3.05) is 0 Å². The minimum atomic E-state index is -0.927. The first-order valence-electron chi connectivity index (χ1n) is 6.83. The van der Waals surface area contributed by atoms with E-state index in [1.165, 1.54) is 18.2 Å². The summed E-state index contributed by atoms with van der Waals surface area (Å²) in [6.45, 7) is 2.15. The van der Waals surface area contributed by atoms with Crippen molar-refractivity contribution in [3.8, 4) is 0 Å². The highest BCUT2D eigenvalue weighted by Gasteiger charge is 2.40. The van der Waals surface area contributed by atoms with Crippen molar-refractivity contribution in [2.45, 2.75) is 26.3 Å². The Kier molecular flexibility index (Phi) is 4.83. The lowest BCUT2D eigenvalue weighted by Gasteiger charge is -2.15. The molecule has 1 aliphatic rings. The molecule has 1 amide bonds. The van der Waals surface area contributed by atoms with Crippen LogP contribution in [0.5, 0.6) is 0 Å². The van der Waals surface area contributed by atoms with Crippen molar-refractivity contribution < 1.29 is 19.1 Å². The number of rotatable bonds is 4. The summed E-state index contributed by atoms with van der Waals surface area (Å²) in [5, 5.41) is 11.9. The summed E-state index contributed by atoms with van der Waals surface area (Å²) in [6.07, 6.45) is 1.10. The third kappa shape index (κ3) is 3.73. The Morgan fingerprint density at radius 2 is 2.05 bits per heavy atom. The molecule has 2 rings (SSSR count). The fourth-order valence-electron chi connectivity index (χ4n) is 2.82. The molecule has 3 atom stereocenters. The number of halogens is 2. The molecule has 0 radical (unpaired) electrons. The number of nitrogens with one attached hydrogen (secondary N) is 1. The minimum Gasteiger partial charge on any atom is -0.481 e. The minimum absolute atomic E-state index is 0.000324. The molecule has 1 aromatic carbocycles. The van der Waals surface area contributed by atoms with Crippen LogP contribution in [0, 0.1) is 23.6 Å². The van der Waals surface area contributed by atoms with Crippen LogP contribution in [0.3, 0.4) is 0 Å². The third-order valence-electron chi connectivity index (χ3n) is 3.90.